The van der Waals surface area contributed by atoms with Gasteiger partial charge >= 0.3 is 6.09 Å². The molecule has 232 valence electrons. The second-order valence-electron chi connectivity index (χ2n) is 11.5. The van der Waals surface area contributed by atoms with Crippen molar-refractivity contribution in [2.75, 3.05) is 24.6 Å². The number of likely N-dealkylation sites (tertiary alicyclic amines) is 1. The Balaban J connectivity index is 1.63. The molecule has 0 radical (unpaired) electrons. The van der Waals surface area contributed by atoms with Gasteiger partial charge in [0.2, 0.25) is 11.8 Å². The highest BCUT2D eigenvalue weighted by Gasteiger charge is 2.52. The van der Waals surface area contributed by atoms with E-state index in [-0.39, 0.29) is 9.86 Å². The first kappa shape index (κ1) is 33.7. The van der Waals surface area contributed by atoms with Crippen LogP contribution in [0.25, 0.3) is 0 Å². The Hall–Kier alpha value is -2.77. The van der Waals surface area contributed by atoms with Gasteiger partial charge < -0.3 is 25.8 Å². The smallest absolute Gasteiger partial charge is 0.411 e. The molecule has 0 saturated carbocycles. The summed E-state index contributed by atoms with van der Waals surface area (Å²) in [5.74, 6) is -0.339. The van der Waals surface area contributed by atoms with Crippen molar-refractivity contribution in [3.63, 3.8) is 0 Å². The monoisotopic (exact) mass is 622 g/mol. The molecular formula is C29H42N4O7S2. The number of aliphatic hydroxyl groups excluding tert-OH is 1. The Bertz CT molecular complexity index is 1140. The van der Waals surface area contributed by atoms with E-state index < -0.39 is 60.2 Å². The summed E-state index contributed by atoms with van der Waals surface area (Å²) in [7, 11) is 0. The second-order valence-corrected chi connectivity index (χ2v) is 14.7. The van der Waals surface area contributed by atoms with Gasteiger partial charge in [-0.3, -0.25) is 24.1 Å². The number of aliphatic hydroxyl groups is 1. The molecule has 3 rings (SSSR count). The molecule has 2 aliphatic heterocycles. The predicted molar refractivity (Wildman–Crippen MR) is 163 cm³/mol. The van der Waals surface area contributed by atoms with Crippen molar-refractivity contribution in [3.8, 4) is 0 Å². The molecule has 1 spiro atoms. The lowest BCUT2D eigenvalue weighted by molar-refractivity contribution is -0.135. The van der Waals surface area contributed by atoms with Crippen molar-refractivity contribution in [2.45, 2.75) is 87.8 Å². The molecule has 3 unspecified atom stereocenters. The van der Waals surface area contributed by atoms with Gasteiger partial charge in [0.15, 0.2) is 11.9 Å². The van der Waals surface area contributed by atoms with E-state index in [4.69, 9.17) is 4.74 Å². The molecular weight excluding hydrogens is 580 g/mol. The molecule has 2 aliphatic rings. The quantitative estimate of drug-likeness (QED) is 0.291. The number of ketones is 1. The Morgan fingerprint density at radius 2 is 1.74 bits per heavy atom. The van der Waals surface area contributed by atoms with Gasteiger partial charge in [0.05, 0.1) is 16.7 Å². The van der Waals surface area contributed by atoms with E-state index >= 15 is 0 Å². The number of benzene rings is 1. The summed E-state index contributed by atoms with van der Waals surface area (Å²) in [6, 6.07) is 6.09. The zero-order chi connectivity index (χ0) is 31.1. The first-order valence-electron chi connectivity index (χ1n) is 14.1. The normalized spacial score (nSPS) is 20.0. The number of thioether (sulfide) groups is 2. The van der Waals surface area contributed by atoms with E-state index in [1.165, 1.54) is 11.8 Å². The van der Waals surface area contributed by atoms with E-state index in [0.29, 0.717) is 31.4 Å². The van der Waals surface area contributed by atoms with Gasteiger partial charge in [0, 0.05) is 24.5 Å². The van der Waals surface area contributed by atoms with Gasteiger partial charge in [-0.1, -0.05) is 43.7 Å². The minimum atomic E-state index is -1.64. The maximum absolute atomic E-state index is 13.5. The van der Waals surface area contributed by atoms with Gasteiger partial charge in [-0.25, -0.2) is 4.79 Å². The average molecular weight is 623 g/mol. The molecule has 1 aromatic rings. The van der Waals surface area contributed by atoms with E-state index in [0.717, 1.165) is 11.5 Å². The minimum Gasteiger partial charge on any atom is -0.444 e. The van der Waals surface area contributed by atoms with Crippen LogP contribution in [0.15, 0.2) is 30.3 Å². The summed E-state index contributed by atoms with van der Waals surface area (Å²) in [4.78, 5) is 65.5. The fourth-order valence-electron chi connectivity index (χ4n) is 4.92. The molecule has 4 amide bonds. The van der Waals surface area contributed by atoms with Crippen LogP contribution in [0.1, 0.15) is 65.5 Å². The number of hydrogen-bond acceptors (Lipinski definition) is 9. The van der Waals surface area contributed by atoms with Gasteiger partial charge in [-0.05, 0) is 39.7 Å². The maximum Gasteiger partial charge on any atom is 0.411 e. The Morgan fingerprint density at radius 1 is 1.10 bits per heavy atom. The fraction of sp³-hybridized carbons (Fsp3) is 0.621. The second kappa shape index (κ2) is 14.6. The first-order chi connectivity index (χ1) is 19.7. The van der Waals surface area contributed by atoms with Crippen molar-refractivity contribution in [3.05, 3.63) is 35.9 Å². The fourth-order valence-corrected chi connectivity index (χ4v) is 8.18. The number of carbonyl (C=O) groups excluding carboxylic acids is 5. The lowest BCUT2D eigenvalue weighted by atomic mass is 10.0. The van der Waals surface area contributed by atoms with Crippen LogP contribution in [0.3, 0.4) is 0 Å². The minimum absolute atomic E-state index is 0.268. The largest absolute Gasteiger partial charge is 0.444 e. The number of nitrogens with zero attached hydrogens (tertiary/aromatic N) is 1. The number of ether oxygens (including phenoxy) is 1. The Labute approximate surface area is 255 Å². The molecule has 13 heteroatoms. The summed E-state index contributed by atoms with van der Waals surface area (Å²) in [5.41, 5.74) is -0.125. The van der Waals surface area contributed by atoms with Crippen LogP contribution in [-0.2, 0) is 23.9 Å². The summed E-state index contributed by atoms with van der Waals surface area (Å²) < 4.78 is 5.28. The molecule has 2 fully saturated rings. The topological polar surface area (TPSA) is 154 Å². The van der Waals surface area contributed by atoms with Crippen LogP contribution >= 0.6 is 23.5 Å². The Morgan fingerprint density at radius 3 is 2.31 bits per heavy atom. The lowest BCUT2D eigenvalue weighted by Crippen LogP contribution is -2.56. The number of carbonyl (C=O) groups is 5. The first-order valence-corrected chi connectivity index (χ1v) is 16.1. The van der Waals surface area contributed by atoms with Crippen molar-refractivity contribution < 1.29 is 33.8 Å². The van der Waals surface area contributed by atoms with Crippen LogP contribution < -0.4 is 16.0 Å². The molecule has 2 heterocycles. The average Bonchev–Trinajstić information content (AvgIpc) is 3.55. The van der Waals surface area contributed by atoms with Gasteiger partial charge in [0.1, 0.15) is 17.7 Å². The van der Waals surface area contributed by atoms with Gasteiger partial charge in [-0.15, -0.1) is 23.5 Å². The summed E-state index contributed by atoms with van der Waals surface area (Å²) >= 11 is 3.46. The Kier molecular flexibility index (Phi) is 11.7. The van der Waals surface area contributed by atoms with Gasteiger partial charge in [-0.2, -0.15) is 0 Å². The summed E-state index contributed by atoms with van der Waals surface area (Å²) in [5, 5.41) is 18.7. The number of Topliss-reactive ketones (excluding diaryl/α,β-unsaturated/α-hetero) is 1. The lowest BCUT2D eigenvalue weighted by Gasteiger charge is -2.30. The van der Waals surface area contributed by atoms with Crippen molar-refractivity contribution in [2.24, 2.45) is 0 Å². The molecule has 1 aromatic carbocycles. The van der Waals surface area contributed by atoms with Crippen LogP contribution in [0.4, 0.5) is 4.79 Å². The highest BCUT2D eigenvalue weighted by atomic mass is 32.2. The molecule has 4 atom stereocenters. The van der Waals surface area contributed by atoms with Crippen LogP contribution in [0.5, 0.6) is 0 Å². The summed E-state index contributed by atoms with van der Waals surface area (Å²) in [6.07, 6.45) is -0.944. The van der Waals surface area contributed by atoms with E-state index in [9.17, 15) is 29.1 Å². The molecule has 2 saturated heterocycles. The number of nitrogens with one attached hydrogen (secondary N) is 3. The van der Waals surface area contributed by atoms with Crippen LogP contribution in [0, 0.1) is 0 Å². The zero-order valence-electron chi connectivity index (χ0n) is 24.8. The number of amides is 4. The number of rotatable bonds is 11. The molecule has 0 aliphatic carbocycles. The van der Waals surface area contributed by atoms with E-state index in [1.807, 2.05) is 6.92 Å². The maximum atomic E-state index is 13.5. The third kappa shape index (κ3) is 9.11. The zero-order valence-corrected chi connectivity index (χ0v) is 26.4. The highest BCUT2D eigenvalue weighted by Crippen LogP contribution is 2.52. The summed E-state index contributed by atoms with van der Waals surface area (Å²) in [6.45, 7) is 8.39. The van der Waals surface area contributed by atoms with E-state index in [2.05, 4.69) is 16.0 Å². The van der Waals surface area contributed by atoms with E-state index in [1.54, 1.807) is 74.6 Å². The van der Waals surface area contributed by atoms with Crippen molar-refractivity contribution >= 4 is 53.1 Å². The standard InChI is InChI=1S/C29H42N4O7S2/c1-6-10-20(24(36)26(38)30-16-22(35)32-23(18(2)34)19-11-8-7-9-12-19)31-25(37)21-15-29(41-13-14-42-29)17-33(21)27(39)40-28(3,4)5/h7-9,11-12,20-21,23-24,36H,6,10,13-17H2,1-5H3,(H,30,38)(H,31,37)(H,32,35)/t20?,21?,23-,24?/m1/s1. The molecule has 11 nitrogen and oxygen atoms in total. The molecule has 0 bridgehead atoms. The van der Waals surface area contributed by atoms with Gasteiger partial charge in [0.25, 0.3) is 5.91 Å². The molecule has 0 aromatic heterocycles. The predicted octanol–water partition coefficient (Wildman–Crippen LogP) is 2.38. The molecule has 42 heavy (non-hydrogen) atoms. The van der Waals surface area contributed by atoms with Crippen molar-refractivity contribution in [1.82, 2.24) is 20.9 Å². The van der Waals surface area contributed by atoms with Crippen molar-refractivity contribution in [1.29, 1.82) is 0 Å². The third-order valence-electron chi connectivity index (χ3n) is 6.88. The third-order valence-corrected chi connectivity index (χ3v) is 10.3. The highest BCUT2D eigenvalue weighted by molar-refractivity contribution is 8.21. The molecule has 4 N–H and O–H groups in total. The SMILES string of the molecule is CCCC(NC(=O)C1CC2(CN1C(=O)OC(C)(C)C)SCCS2)C(O)C(=O)NCC(=O)N[C@H](C(C)=O)c1ccccc1. The van der Waals surface area contributed by atoms with Crippen LogP contribution in [0.2, 0.25) is 0 Å². The van der Waals surface area contributed by atoms with Crippen LogP contribution in [-0.4, -0.2) is 92.1 Å². The number of hydrogen-bond donors (Lipinski definition) is 4.